The van der Waals surface area contributed by atoms with Crippen molar-refractivity contribution < 1.29 is 9.90 Å². The summed E-state index contributed by atoms with van der Waals surface area (Å²) in [6.45, 7) is 2.29. The molecule has 0 spiro atoms. The van der Waals surface area contributed by atoms with Crippen molar-refractivity contribution in [1.29, 1.82) is 0 Å². The summed E-state index contributed by atoms with van der Waals surface area (Å²) < 4.78 is 0. The van der Waals surface area contributed by atoms with Gasteiger partial charge in [-0.25, -0.2) is 0 Å². The maximum atomic E-state index is 10.4. The zero-order valence-corrected chi connectivity index (χ0v) is 13.2. The van der Waals surface area contributed by atoms with E-state index in [1.54, 1.807) is 5.57 Å². The fourth-order valence-electron chi connectivity index (χ4n) is 3.30. The van der Waals surface area contributed by atoms with Gasteiger partial charge >= 0.3 is 5.97 Å². The van der Waals surface area contributed by atoms with Gasteiger partial charge in [0, 0.05) is 6.42 Å². The van der Waals surface area contributed by atoms with Crippen LogP contribution in [0.2, 0.25) is 0 Å². The van der Waals surface area contributed by atoms with Crippen molar-refractivity contribution in [2.24, 2.45) is 5.92 Å². The highest BCUT2D eigenvalue weighted by atomic mass is 16.4. The van der Waals surface area contributed by atoms with Gasteiger partial charge in [0.05, 0.1) is 0 Å². The number of carboxylic acid groups (broad SMARTS) is 1. The lowest BCUT2D eigenvalue weighted by Gasteiger charge is -2.24. The van der Waals surface area contributed by atoms with E-state index >= 15 is 0 Å². The van der Waals surface area contributed by atoms with Crippen LogP contribution in [0.25, 0.3) is 0 Å². The van der Waals surface area contributed by atoms with Gasteiger partial charge in [0.2, 0.25) is 0 Å². The highest BCUT2D eigenvalue weighted by Crippen LogP contribution is 2.31. The monoisotopic (exact) mass is 280 g/mol. The molecule has 116 valence electrons. The maximum absolute atomic E-state index is 10.4. The Balaban J connectivity index is 2.02. The van der Waals surface area contributed by atoms with Crippen molar-refractivity contribution >= 4 is 5.97 Å². The van der Waals surface area contributed by atoms with Crippen molar-refractivity contribution in [3.8, 4) is 0 Å². The van der Waals surface area contributed by atoms with Gasteiger partial charge in [-0.1, -0.05) is 50.7 Å². The lowest BCUT2D eigenvalue weighted by molar-refractivity contribution is -0.137. The number of carbonyl (C=O) groups is 1. The number of aliphatic carboxylic acids is 1. The van der Waals surface area contributed by atoms with Crippen LogP contribution in [0.5, 0.6) is 0 Å². The van der Waals surface area contributed by atoms with Gasteiger partial charge in [0.1, 0.15) is 0 Å². The number of carboxylic acids is 1. The molecule has 0 aromatic carbocycles. The van der Waals surface area contributed by atoms with Gasteiger partial charge in [-0.15, -0.1) is 0 Å². The fraction of sp³-hybridized carbons (Fsp3) is 0.833. The molecule has 0 aromatic rings. The summed E-state index contributed by atoms with van der Waals surface area (Å²) in [6.07, 6.45) is 18.0. The molecule has 0 aliphatic heterocycles. The Morgan fingerprint density at radius 3 is 2.60 bits per heavy atom. The molecule has 1 aliphatic carbocycles. The molecule has 0 saturated heterocycles. The topological polar surface area (TPSA) is 37.3 Å². The van der Waals surface area contributed by atoms with Gasteiger partial charge in [0.15, 0.2) is 0 Å². The van der Waals surface area contributed by atoms with Gasteiger partial charge < -0.3 is 5.11 Å². The molecule has 0 radical (unpaired) electrons. The third kappa shape index (κ3) is 7.72. The third-order valence-electron chi connectivity index (χ3n) is 4.43. The Hall–Kier alpha value is -0.790. The molecular formula is C18H32O2. The van der Waals surface area contributed by atoms with Crippen LogP contribution in [-0.4, -0.2) is 11.1 Å². The molecule has 1 aliphatic rings. The number of unbranched alkanes of at least 4 members (excludes halogenated alkanes) is 5. The molecule has 0 bridgehead atoms. The summed E-state index contributed by atoms with van der Waals surface area (Å²) in [7, 11) is 0. The molecule has 2 heteroatoms. The van der Waals surface area contributed by atoms with Gasteiger partial charge in [-0.2, -0.15) is 0 Å². The van der Waals surface area contributed by atoms with Crippen molar-refractivity contribution in [2.75, 3.05) is 0 Å². The molecular weight excluding hydrogens is 248 g/mol. The molecule has 0 aromatic heterocycles. The van der Waals surface area contributed by atoms with E-state index in [1.807, 2.05) is 0 Å². The standard InChI is InChI=1S/C18H32O2/c1-2-11-16-13-9-10-14-17(16)12-7-5-3-4-6-8-15-18(19)20/h14,16H,2-13,15H2,1H3,(H,19,20). The van der Waals surface area contributed by atoms with E-state index in [4.69, 9.17) is 5.11 Å². The van der Waals surface area contributed by atoms with Crippen LogP contribution in [0.3, 0.4) is 0 Å². The number of hydrogen-bond acceptors (Lipinski definition) is 1. The summed E-state index contributed by atoms with van der Waals surface area (Å²) in [5, 5.41) is 8.56. The average molecular weight is 280 g/mol. The summed E-state index contributed by atoms with van der Waals surface area (Å²) in [4.78, 5) is 10.4. The minimum absolute atomic E-state index is 0.339. The van der Waals surface area contributed by atoms with E-state index in [9.17, 15) is 4.79 Å². The highest BCUT2D eigenvalue weighted by molar-refractivity contribution is 5.66. The first-order valence-electron chi connectivity index (χ1n) is 8.64. The highest BCUT2D eigenvalue weighted by Gasteiger charge is 2.15. The second-order valence-corrected chi connectivity index (χ2v) is 6.21. The van der Waals surface area contributed by atoms with E-state index in [1.165, 1.54) is 64.2 Å². The average Bonchev–Trinajstić information content (AvgIpc) is 2.43. The molecule has 20 heavy (non-hydrogen) atoms. The van der Waals surface area contributed by atoms with E-state index in [0.29, 0.717) is 6.42 Å². The first kappa shape index (κ1) is 17.3. The van der Waals surface area contributed by atoms with E-state index in [0.717, 1.165) is 18.8 Å². The molecule has 1 N–H and O–H groups in total. The number of hydrogen-bond donors (Lipinski definition) is 1. The predicted molar refractivity (Wildman–Crippen MR) is 84.9 cm³/mol. The maximum Gasteiger partial charge on any atom is 0.303 e. The molecule has 1 unspecified atom stereocenters. The van der Waals surface area contributed by atoms with Crippen LogP contribution in [0, 0.1) is 5.92 Å². The fourth-order valence-corrected chi connectivity index (χ4v) is 3.30. The summed E-state index contributed by atoms with van der Waals surface area (Å²) in [5.41, 5.74) is 1.74. The minimum Gasteiger partial charge on any atom is -0.481 e. The second-order valence-electron chi connectivity index (χ2n) is 6.21. The van der Waals surface area contributed by atoms with Gasteiger partial charge in [-0.3, -0.25) is 4.79 Å². The molecule has 0 saturated carbocycles. The second kappa shape index (κ2) is 10.9. The van der Waals surface area contributed by atoms with E-state index in [2.05, 4.69) is 13.0 Å². The summed E-state index contributed by atoms with van der Waals surface area (Å²) in [5.74, 6) is 0.223. The smallest absolute Gasteiger partial charge is 0.303 e. The Kier molecular flexibility index (Phi) is 9.44. The Morgan fingerprint density at radius 2 is 1.90 bits per heavy atom. The lowest BCUT2D eigenvalue weighted by atomic mass is 9.82. The van der Waals surface area contributed by atoms with Crippen LogP contribution in [0.4, 0.5) is 0 Å². The van der Waals surface area contributed by atoms with Crippen molar-refractivity contribution in [3.63, 3.8) is 0 Å². The Bertz CT molecular complexity index is 294. The molecule has 0 fully saturated rings. The van der Waals surface area contributed by atoms with Crippen molar-refractivity contribution in [2.45, 2.75) is 90.4 Å². The molecule has 0 heterocycles. The van der Waals surface area contributed by atoms with Crippen molar-refractivity contribution in [3.05, 3.63) is 11.6 Å². The van der Waals surface area contributed by atoms with Crippen LogP contribution in [0.15, 0.2) is 11.6 Å². The zero-order valence-electron chi connectivity index (χ0n) is 13.2. The SMILES string of the molecule is CCCC1CCCC=C1CCCCCCCCC(=O)O. The van der Waals surface area contributed by atoms with Crippen molar-refractivity contribution in [1.82, 2.24) is 0 Å². The third-order valence-corrected chi connectivity index (χ3v) is 4.43. The van der Waals surface area contributed by atoms with E-state index in [-0.39, 0.29) is 0 Å². The van der Waals surface area contributed by atoms with Crippen LogP contribution >= 0.6 is 0 Å². The Labute approximate surface area is 124 Å². The first-order valence-corrected chi connectivity index (χ1v) is 8.64. The van der Waals surface area contributed by atoms with E-state index < -0.39 is 5.97 Å². The normalized spacial score (nSPS) is 18.9. The quantitative estimate of drug-likeness (QED) is 0.388. The molecule has 1 rings (SSSR count). The first-order chi connectivity index (χ1) is 9.74. The number of rotatable bonds is 11. The summed E-state index contributed by atoms with van der Waals surface area (Å²) in [6, 6.07) is 0. The molecule has 1 atom stereocenters. The minimum atomic E-state index is -0.656. The largest absolute Gasteiger partial charge is 0.481 e. The predicted octanol–water partition coefficient (Wildman–Crippen LogP) is 5.72. The lowest BCUT2D eigenvalue weighted by Crippen LogP contribution is -2.08. The van der Waals surface area contributed by atoms with Gasteiger partial charge in [-0.05, 0) is 50.9 Å². The molecule has 2 nitrogen and oxygen atoms in total. The van der Waals surface area contributed by atoms with Crippen LogP contribution in [-0.2, 0) is 4.79 Å². The Morgan fingerprint density at radius 1 is 1.20 bits per heavy atom. The zero-order chi connectivity index (χ0) is 14.6. The van der Waals surface area contributed by atoms with Crippen LogP contribution < -0.4 is 0 Å². The summed E-state index contributed by atoms with van der Waals surface area (Å²) >= 11 is 0. The molecule has 0 amide bonds. The van der Waals surface area contributed by atoms with Crippen LogP contribution in [0.1, 0.15) is 90.4 Å². The van der Waals surface area contributed by atoms with Gasteiger partial charge in [0.25, 0.3) is 0 Å². The number of allylic oxidation sites excluding steroid dienone is 2.